The fraction of sp³-hybridized carbons (Fsp3) is 0.0667. The Morgan fingerprint density at radius 3 is 3.00 bits per heavy atom. The Morgan fingerprint density at radius 2 is 2.12 bits per heavy atom. The topological polar surface area (TPSA) is 111 Å². The van der Waals surface area contributed by atoms with Crippen LogP contribution in [-0.2, 0) is 6.54 Å². The van der Waals surface area contributed by atoms with Gasteiger partial charge >= 0.3 is 0 Å². The van der Waals surface area contributed by atoms with Crippen molar-refractivity contribution in [3.63, 3.8) is 0 Å². The highest BCUT2D eigenvalue weighted by Crippen LogP contribution is 2.24. The number of carbonyl (C=O) groups excluding carboxylic acids is 1. The number of rotatable bonds is 4. The molecule has 0 saturated carbocycles. The van der Waals surface area contributed by atoms with E-state index in [2.05, 4.69) is 31.0 Å². The summed E-state index contributed by atoms with van der Waals surface area (Å²) in [5.74, 6) is 0.326. The van der Waals surface area contributed by atoms with Crippen LogP contribution in [0.5, 0.6) is 0 Å². The zero-order valence-electron chi connectivity index (χ0n) is 12.6. The molecule has 4 aromatic rings. The largest absolute Gasteiger partial charge is 0.343 e. The molecule has 0 saturated heterocycles. The summed E-state index contributed by atoms with van der Waals surface area (Å²) in [5, 5.41) is 18.1. The van der Waals surface area contributed by atoms with Crippen LogP contribution < -0.4 is 5.32 Å². The minimum atomic E-state index is -0.310. The molecule has 1 amide bonds. The highest BCUT2D eigenvalue weighted by atomic mass is 35.5. The van der Waals surface area contributed by atoms with E-state index >= 15 is 0 Å². The SMILES string of the molecule is O=C(NCc1nc(-c2ccccc2Cl)no1)c1ccc2nnnn2c1. The van der Waals surface area contributed by atoms with E-state index in [0.717, 1.165) is 0 Å². The third-order valence-corrected chi connectivity index (χ3v) is 3.77. The van der Waals surface area contributed by atoms with Crippen LogP contribution in [0.2, 0.25) is 5.02 Å². The Bertz CT molecular complexity index is 1060. The Kier molecular flexibility index (Phi) is 3.82. The summed E-state index contributed by atoms with van der Waals surface area (Å²) < 4.78 is 6.56. The highest BCUT2D eigenvalue weighted by molar-refractivity contribution is 6.33. The lowest BCUT2D eigenvalue weighted by molar-refractivity contribution is 0.0945. The van der Waals surface area contributed by atoms with Crippen LogP contribution in [0.3, 0.4) is 0 Å². The van der Waals surface area contributed by atoms with Gasteiger partial charge in [0.25, 0.3) is 5.91 Å². The average Bonchev–Trinajstić information content (AvgIpc) is 3.28. The lowest BCUT2D eigenvalue weighted by Crippen LogP contribution is -2.23. The molecule has 0 fully saturated rings. The summed E-state index contributed by atoms with van der Waals surface area (Å²) in [7, 11) is 0. The van der Waals surface area contributed by atoms with E-state index in [1.165, 1.54) is 10.7 Å². The number of benzene rings is 1. The Balaban J connectivity index is 1.46. The van der Waals surface area contributed by atoms with E-state index in [0.29, 0.717) is 27.6 Å². The number of nitrogens with zero attached hydrogens (tertiary/aromatic N) is 6. The number of hydrogen-bond acceptors (Lipinski definition) is 7. The van der Waals surface area contributed by atoms with Gasteiger partial charge in [-0.05, 0) is 34.7 Å². The first-order valence-electron chi connectivity index (χ1n) is 7.24. The van der Waals surface area contributed by atoms with E-state index < -0.39 is 0 Å². The van der Waals surface area contributed by atoms with E-state index in [1.54, 1.807) is 24.3 Å². The molecule has 10 heteroatoms. The number of pyridine rings is 1. The molecule has 124 valence electrons. The van der Waals surface area contributed by atoms with Gasteiger partial charge in [0.05, 0.1) is 17.1 Å². The molecule has 25 heavy (non-hydrogen) atoms. The van der Waals surface area contributed by atoms with Crippen molar-refractivity contribution < 1.29 is 9.32 Å². The van der Waals surface area contributed by atoms with Gasteiger partial charge in [0.2, 0.25) is 11.7 Å². The molecule has 0 radical (unpaired) electrons. The number of aromatic nitrogens is 6. The average molecular weight is 356 g/mol. The zero-order valence-corrected chi connectivity index (χ0v) is 13.4. The van der Waals surface area contributed by atoms with Crippen LogP contribution in [0.25, 0.3) is 17.0 Å². The van der Waals surface area contributed by atoms with Gasteiger partial charge in [0.15, 0.2) is 5.65 Å². The Labute approximate surface area is 145 Å². The van der Waals surface area contributed by atoms with Gasteiger partial charge in [0, 0.05) is 11.8 Å². The molecular weight excluding hydrogens is 346 g/mol. The van der Waals surface area contributed by atoms with Crippen LogP contribution in [-0.4, -0.2) is 36.1 Å². The lowest BCUT2D eigenvalue weighted by Gasteiger charge is -2.02. The number of hydrogen-bond donors (Lipinski definition) is 1. The van der Waals surface area contributed by atoms with Gasteiger partial charge in [0.1, 0.15) is 0 Å². The third kappa shape index (κ3) is 3.04. The van der Waals surface area contributed by atoms with Gasteiger partial charge < -0.3 is 9.84 Å². The molecule has 0 aliphatic heterocycles. The molecule has 0 bridgehead atoms. The maximum absolute atomic E-state index is 12.2. The van der Waals surface area contributed by atoms with Gasteiger partial charge in [-0.2, -0.15) is 9.50 Å². The number of nitrogens with one attached hydrogen (secondary N) is 1. The van der Waals surface area contributed by atoms with Gasteiger partial charge in [-0.1, -0.05) is 28.9 Å². The summed E-state index contributed by atoms with van der Waals surface area (Å²) in [5.41, 5.74) is 1.62. The summed E-state index contributed by atoms with van der Waals surface area (Å²) in [6.45, 7) is 0.0872. The van der Waals surface area contributed by atoms with E-state index in [-0.39, 0.29) is 18.3 Å². The van der Waals surface area contributed by atoms with Crippen LogP contribution in [0.4, 0.5) is 0 Å². The molecule has 0 aliphatic rings. The number of carbonyl (C=O) groups is 1. The molecule has 0 aliphatic carbocycles. The number of halogens is 1. The van der Waals surface area contributed by atoms with Crippen LogP contribution >= 0.6 is 11.6 Å². The summed E-state index contributed by atoms with van der Waals surface area (Å²) >= 11 is 6.10. The molecule has 1 aromatic carbocycles. The second-order valence-corrected chi connectivity index (χ2v) is 5.48. The van der Waals surface area contributed by atoms with E-state index in [1.807, 2.05) is 12.1 Å². The molecular formula is C15H10ClN7O2. The molecule has 9 nitrogen and oxygen atoms in total. The number of fused-ring (bicyclic) bond motifs is 1. The highest BCUT2D eigenvalue weighted by Gasteiger charge is 2.13. The van der Waals surface area contributed by atoms with Crippen molar-refractivity contribution in [2.45, 2.75) is 6.54 Å². The molecule has 0 unspecified atom stereocenters. The fourth-order valence-electron chi connectivity index (χ4n) is 2.21. The van der Waals surface area contributed by atoms with Crippen LogP contribution in [0.15, 0.2) is 47.1 Å². The summed E-state index contributed by atoms with van der Waals surface area (Å²) in [6.07, 6.45) is 1.54. The van der Waals surface area contributed by atoms with Gasteiger partial charge in [-0.3, -0.25) is 4.79 Å². The first-order valence-corrected chi connectivity index (χ1v) is 7.62. The Morgan fingerprint density at radius 1 is 1.24 bits per heavy atom. The smallest absolute Gasteiger partial charge is 0.253 e. The molecule has 0 atom stereocenters. The number of tetrazole rings is 1. The van der Waals surface area contributed by atoms with Crippen molar-refractivity contribution in [1.29, 1.82) is 0 Å². The zero-order chi connectivity index (χ0) is 17.2. The molecule has 3 heterocycles. The second kappa shape index (κ2) is 6.29. The van der Waals surface area contributed by atoms with Crippen molar-refractivity contribution in [3.8, 4) is 11.4 Å². The first-order chi connectivity index (χ1) is 12.2. The van der Waals surface area contributed by atoms with Crippen LogP contribution in [0, 0.1) is 0 Å². The van der Waals surface area contributed by atoms with E-state index in [9.17, 15) is 4.79 Å². The minimum absolute atomic E-state index is 0.0872. The van der Waals surface area contributed by atoms with Crippen molar-refractivity contribution in [2.24, 2.45) is 0 Å². The van der Waals surface area contributed by atoms with Crippen molar-refractivity contribution in [2.75, 3.05) is 0 Å². The predicted molar refractivity (Wildman–Crippen MR) is 86.7 cm³/mol. The third-order valence-electron chi connectivity index (χ3n) is 3.44. The first kappa shape index (κ1) is 15.2. The molecule has 1 N–H and O–H groups in total. The molecule has 4 rings (SSSR count). The Hall–Kier alpha value is -3.33. The maximum atomic E-state index is 12.2. The van der Waals surface area contributed by atoms with Gasteiger partial charge in [-0.25, -0.2) is 0 Å². The normalized spacial score (nSPS) is 10.9. The van der Waals surface area contributed by atoms with E-state index in [4.69, 9.17) is 16.1 Å². The van der Waals surface area contributed by atoms with Crippen LogP contribution in [0.1, 0.15) is 16.2 Å². The van der Waals surface area contributed by atoms with Crippen molar-refractivity contribution in [3.05, 3.63) is 59.1 Å². The van der Waals surface area contributed by atoms with Gasteiger partial charge in [-0.15, -0.1) is 5.10 Å². The molecule has 3 aromatic heterocycles. The van der Waals surface area contributed by atoms with Crippen molar-refractivity contribution in [1.82, 2.24) is 35.5 Å². The van der Waals surface area contributed by atoms with Crippen molar-refractivity contribution >= 4 is 23.2 Å². The second-order valence-electron chi connectivity index (χ2n) is 5.07. The number of amides is 1. The summed E-state index contributed by atoms with van der Waals surface area (Å²) in [4.78, 5) is 16.4. The quantitative estimate of drug-likeness (QED) is 0.593. The minimum Gasteiger partial charge on any atom is -0.343 e. The standard InChI is InChI=1S/C15H10ClN7O2/c16-11-4-2-1-3-10(11)14-18-13(25-20-14)7-17-15(24)9-5-6-12-19-21-22-23(12)8-9/h1-6,8H,7H2,(H,17,24). The lowest BCUT2D eigenvalue weighted by atomic mass is 10.2. The predicted octanol–water partition coefficient (Wildman–Crippen LogP) is 1.76. The summed E-state index contributed by atoms with van der Waals surface area (Å²) in [6, 6.07) is 10.4. The maximum Gasteiger partial charge on any atom is 0.253 e. The fourth-order valence-corrected chi connectivity index (χ4v) is 2.43. The monoisotopic (exact) mass is 355 g/mol. The molecule has 0 spiro atoms.